The van der Waals surface area contributed by atoms with Gasteiger partial charge >= 0.3 is 0 Å². The zero-order valence-electron chi connectivity index (χ0n) is 9.29. The van der Waals surface area contributed by atoms with Crippen LogP contribution >= 0.6 is 0 Å². The summed E-state index contributed by atoms with van der Waals surface area (Å²) in [5.41, 5.74) is 2.13. The van der Waals surface area contributed by atoms with Gasteiger partial charge in [-0.1, -0.05) is 44.2 Å². The summed E-state index contributed by atoms with van der Waals surface area (Å²) in [6.45, 7) is 4.79. The van der Waals surface area contributed by atoms with E-state index in [0.29, 0.717) is 5.41 Å². The van der Waals surface area contributed by atoms with E-state index in [4.69, 9.17) is 0 Å². The molecule has 0 aliphatic heterocycles. The van der Waals surface area contributed by atoms with Crippen LogP contribution in [-0.2, 0) is 0 Å². The molecule has 0 amide bonds. The first-order valence-electron chi connectivity index (χ1n) is 5.72. The molecule has 0 radical (unpaired) electrons. The van der Waals surface area contributed by atoms with Gasteiger partial charge in [0.2, 0.25) is 0 Å². The van der Waals surface area contributed by atoms with Crippen LogP contribution in [0.1, 0.15) is 52.4 Å². The van der Waals surface area contributed by atoms with Gasteiger partial charge in [0.05, 0.1) is 0 Å². The van der Waals surface area contributed by atoms with Crippen LogP contribution in [0.5, 0.6) is 0 Å². The molecule has 1 fully saturated rings. The highest BCUT2D eigenvalue weighted by Crippen LogP contribution is 2.42. The molecule has 2 rings (SSSR count). The fourth-order valence-corrected chi connectivity index (χ4v) is 2.46. The van der Waals surface area contributed by atoms with Crippen LogP contribution in [-0.4, -0.2) is 0 Å². The monoisotopic (exact) mass is 190 g/mol. The highest BCUT2D eigenvalue weighted by molar-refractivity contribution is 5.20. The Kier molecular flexibility index (Phi) is 2.62. The summed E-state index contributed by atoms with van der Waals surface area (Å²) in [7, 11) is 0. The van der Waals surface area contributed by atoms with E-state index in [1.807, 2.05) is 0 Å². The van der Waals surface area contributed by atoms with Crippen LogP contribution in [0.3, 0.4) is 0 Å². The van der Waals surface area contributed by atoms with Crippen LogP contribution < -0.4 is 0 Å². The molecule has 0 atom stereocenters. The Balaban J connectivity index is 0.00000112. The first kappa shape index (κ1) is 9.76. The molecule has 0 saturated heterocycles. The lowest BCUT2D eigenvalue weighted by Crippen LogP contribution is -2.20. The summed E-state index contributed by atoms with van der Waals surface area (Å²) in [5, 5.41) is 0. The van der Waals surface area contributed by atoms with Gasteiger partial charge in [-0.25, -0.2) is 0 Å². The van der Waals surface area contributed by atoms with Gasteiger partial charge in [-0.15, -0.1) is 0 Å². The van der Waals surface area contributed by atoms with E-state index in [0.717, 1.165) is 5.92 Å². The summed E-state index contributed by atoms with van der Waals surface area (Å²) < 4.78 is 0. The zero-order chi connectivity index (χ0) is 10.0. The first-order valence-corrected chi connectivity index (χ1v) is 5.72. The number of hydrogen-bond donors (Lipinski definition) is 0. The third-order valence-corrected chi connectivity index (χ3v) is 3.61. The normalized spacial score (nSPS) is 22.1. The van der Waals surface area contributed by atoms with E-state index >= 15 is 0 Å². The van der Waals surface area contributed by atoms with Crippen molar-refractivity contribution in [3.8, 4) is 0 Å². The maximum absolute atomic E-state index is 2.40. The lowest BCUT2D eigenvalue weighted by molar-refractivity contribution is 0.224. The van der Waals surface area contributed by atoms with Crippen molar-refractivity contribution < 1.29 is 1.43 Å². The lowest BCUT2D eigenvalue weighted by Gasteiger charge is -2.34. The molecule has 0 bridgehead atoms. The van der Waals surface area contributed by atoms with Gasteiger partial charge in [0.25, 0.3) is 0 Å². The Hall–Kier alpha value is -0.780. The van der Waals surface area contributed by atoms with Crippen molar-refractivity contribution in [3.63, 3.8) is 0 Å². The van der Waals surface area contributed by atoms with Gasteiger partial charge in [0, 0.05) is 1.43 Å². The summed E-state index contributed by atoms with van der Waals surface area (Å²) in [5.74, 6) is 0.823. The highest BCUT2D eigenvalue weighted by atomic mass is 14.3. The molecular formula is C14H22. The Morgan fingerprint density at radius 2 is 1.64 bits per heavy atom. The van der Waals surface area contributed by atoms with Crippen LogP contribution in [0.15, 0.2) is 30.3 Å². The molecule has 0 aromatic heterocycles. The molecule has 78 valence electrons. The van der Waals surface area contributed by atoms with Crippen LogP contribution in [0.25, 0.3) is 0 Å². The summed E-state index contributed by atoms with van der Waals surface area (Å²) in [4.78, 5) is 0. The molecule has 1 saturated carbocycles. The van der Waals surface area contributed by atoms with Crippen molar-refractivity contribution in [2.45, 2.75) is 45.4 Å². The Morgan fingerprint density at radius 3 is 2.21 bits per heavy atom. The Morgan fingerprint density at radius 1 is 1.07 bits per heavy atom. The summed E-state index contributed by atoms with van der Waals surface area (Å²) >= 11 is 0. The molecule has 0 spiro atoms. The minimum Gasteiger partial charge on any atom is -0.0622 e. The molecule has 1 aromatic rings. The van der Waals surface area contributed by atoms with Crippen LogP contribution in [0.4, 0.5) is 0 Å². The maximum atomic E-state index is 2.40. The average Bonchev–Trinajstić information content (AvgIpc) is 2.19. The molecule has 1 aliphatic carbocycles. The number of hydrogen-bond acceptors (Lipinski definition) is 0. The Labute approximate surface area is 88.8 Å². The SMILES string of the molecule is CC1(C)CCC(c2ccccc2)CC1.[HH]. The van der Waals surface area contributed by atoms with E-state index in [9.17, 15) is 0 Å². The summed E-state index contributed by atoms with van der Waals surface area (Å²) in [6, 6.07) is 11.0. The van der Waals surface area contributed by atoms with Gasteiger partial charge in [-0.3, -0.25) is 0 Å². The highest BCUT2D eigenvalue weighted by Gasteiger charge is 2.27. The second-order valence-electron chi connectivity index (χ2n) is 5.35. The van der Waals surface area contributed by atoms with Gasteiger partial charge in [0.15, 0.2) is 0 Å². The van der Waals surface area contributed by atoms with Crippen molar-refractivity contribution in [1.82, 2.24) is 0 Å². The topological polar surface area (TPSA) is 0 Å². The van der Waals surface area contributed by atoms with Crippen molar-refractivity contribution >= 4 is 0 Å². The standard InChI is InChI=1S/C14H20.H2/c1-14(2)10-8-13(9-11-14)12-6-4-3-5-7-12;/h3-7,13H,8-11H2,1-2H3;1H. The van der Waals surface area contributed by atoms with E-state index in [1.165, 1.54) is 25.7 Å². The Bertz CT molecular complexity index is 279. The maximum Gasteiger partial charge on any atom is 0 e. The van der Waals surface area contributed by atoms with Crippen molar-refractivity contribution in [1.29, 1.82) is 0 Å². The van der Waals surface area contributed by atoms with E-state index in [2.05, 4.69) is 44.2 Å². The smallest absolute Gasteiger partial charge is 0 e. The fraction of sp³-hybridized carbons (Fsp3) is 0.571. The number of benzene rings is 1. The van der Waals surface area contributed by atoms with Crippen LogP contribution in [0.2, 0.25) is 0 Å². The molecule has 0 heterocycles. The van der Waals surface area contributed by atoms with Crippen LogP contribution in [0, 0.1) is 5.41 Å². The van der Waals surface area contributed by atoms with Crippen molar-refractivity contribution in [2.24, 2.45) is 5.41 Å². The third-order valence-electron chi connectivity index (χ3n) is 3.61. The predicted octanol–water partition coefficient (Wildman–Crippen LogP) is 4.62. The quantitative estimate of drug-likeness (QED) is 0.606. The van der Waals surface area contributed by atoms with E-state index in [-0.39, 0.29) is 1.43 Å². The molecule has 0 heteroatoms. The molecule has 0 unspecified atom stereocenters. The molecule has 0 nitrogen and oxygen atoms in total. The van der Waals surface area contributed by atoms with Gasteiger partial charge in [-0.2, -0.15) is 0 Å². The molecule has 0 N–H and O–H groups in total. The third kappa shape index (κ3) is 2.17. The van der Waals surface area contributed by atoms with Crippen molar-refractivity contribution in [3.05, 3.63) is 35.9 Å². The lowest BCUT2D eigenvalue weighted by atomic mass is 9.71. The average molecular weight is 190 g/mol. The minimum atomic E-state index is 0. The molecular weight excluding hydrogens is 168 g/mol. The van der Waals surface area contributed by atoms with Crippen molar-refractivity contribution in [2.75, 3.05) is 0 Å². The largest absolute Gasteiger partial charge is 0.0622 e. The zero-order valence-corrected chi connectivity index (χ0v) is 9.29. The second kappa shape index (κ2) is 3.76. The second-order valence-corrected chi connectivity index (χ2v) is 5.35. The minimum absolute atomic E-state index is 0. The number of rotatable bonds is 1. The predicted molar refractivity (Wildman–Crippen MR) is 63.5 cm³/mol. The first-order chi connectivity index (χ1) is 6.67. The summed E-state index contributed by atoms with van der Waals surface area (Å²) in [6.07, 6.45) is 5.51. The molecule has 1 aliphatic rings. The van der Waals surface area contributed by atoms with Gasteiger partial charge < -0.3 is 0 Å². The van der Waals surface area contributed by atoms with E-state index in [1.54, 1.807) is 5.56 Å². The van der Waals surface area contributed by atoms with Gasteiger partial charge in [-0.05, 0) is 42.6 Å². The van der Waals surface area contributed by atoms with E-state index < -0.39 is 0 Å². The molecule has 1 aromatic carbocycles. The molecule has 14 heavy (non-hydrogen) atoms. The van der Waals surface area contributed by atoms with Gasteiger partial charge in [0.1, 0.15) is 0 Å². The fourth-order valence-electron chi connectivity index (χ4n) is 2.46.